The van der Waals surface area contributed by atoms with Crippen LogP contribution < -0.4 is 0 Å². The minimum atomic E-state index is -0.301. The van der Waals surface area contributed by atoms with E-state index in [2.05, 4.69) is 22.3 Å². The molecule has 2 aliphatic carbocycles. The third-order valence-corrected chi connectivity index (χ3v) is 6.84. The van der Waals surface area contributed by atoms with Crippen molar-refractivity contribution < 1.29 is 24.4 Å². The number of aliphatic hydroxyl groups excluding tert-OH is 2. The van der Waals surface area contributed by atoms with Gasteiger partial charge in [0.2, 0.25) is 0 Å². The van der Waals surface area contributed by atoms with Crippen LogP contribution >= 0.6 is 12.2 Å². The molecule has 2 aliphatic heterocycles. The Balaban J connectivity index is 1.79. The summed E-state index contributed by atoms with van der Waals surface area (Å²) in [5.74, 6) is 0.273. The second kappa shape index (κ2) is 10.4. The summed E-state index contributed by atoms with van der Waals surface area (Å²) in [6.07, 6.45) is 9.77. The molecular formula is C23H31NO5S. The zero-order valence-electron chi connectivity index (χ0n) is 17.3. The van der Waals surface area contributed by atoms with Crippen LogP contribution in [0.1, 0.15) is 44.9 Å². The summed E-state index contributed by atoms with van der Waals surface area (Å²) in [7, 11) is 0. The molecule has 0 saturated heterocycles. The van der Waals surface area contributed by atoms with E-state index in [1.807, 2.05) is 0 Å². The molecule has 0 spiro atoms. The number of isothiocyanates is 1. The highest BCUT2D eigenvalue weighted by Crippen LogP contribution is 2.47. The third-order valence-electron chi connectivity index (χ3n) is 6.73. The highest BCUT2D eigenvalue weighted by Gasteiger charge is 2.42. The van der Waals surface area contributed by atoms with E-state index in [0.29, 0.717) is 26.2 Å². The van der Waals surface area contributed by atoms with Crippen molar-refractivity contribution in [3.63, 3.8) is 0 Å². The summed E-state index contributed by atoms with van der Waals surface area (Å²) in [5.41, 5.74) is 5.15. The Morgan fingerprint density at radius 2 is 2.17 bits per heavy atom. The van der Waals surface area contributed by atoms with Crippen molar-refractivity contribution >= 4 is 17.4 Å². The first-order chi connectivity index (χ1) is 14.7. The van der Waals surface area contributed by atoms with E-state index in [1.165, 1.54) is 22.3 Å². The normalized spacial score (nSPS) is 35.6. The molecule has 0 bridgehead atoms. The number of aliphatic imine (C=N–C) groups is 1. The molecular weight excluding hydrogens is 402 g/mol. The van der Waals surface area contributed by atoms with Crippen molar-refractivity contribution in [2.45, 2.75) is 69.3 Å². The molecule has 6 nitrogen and oxygen atoms in total. The van der Waals surface area contributed by atoms with Crippen molar-refractivity contribution in [2.75, 3.05) is 26.6 Å². The molecule has 1 saturated carbocycles. The molecule has 5 unspecified atom stereocenters. The van der Waals surface area contributed by atoms with Gasteiger partial charge >= 0.3 is 0 Å². The lowest BCUT2D eigenvalue weighted by Gasteiger charge is -2.45. The molecule has 0 radical (unpaired) electrons. The molecule has 0 aromatic carbocycles. The molecule has 5 atom stereocenters. The maximum absolute atomic E-state index is 10.3. The van der Waals surface area contributed by atoms with Crippen LogP contribution in [-0.2, 0) is 14.2 Å². The fourth-order valence-electron chi connectivity index (χ4n) is 5.42. The number of nitrogens with zero attached hydrogens (tertiary/aromatic N) is 1. The lowest BCUT2D eigenvalue weighted by atomic mass is 9.69. The Morgan fingerprint density at radius 3 is 3.00 bits per heavy atom. The number of hydrogen-bond donors (Lipinski definition) is 2. The monoisotopic (exact) mass is 433 g/mol. The summed E-state index contributed by atoms with van der Waals surface area (Å²) < 4.78 is 17.6. The summed E-state index contributed by atoms with van der Waals surface area (Å²) in [4.78, 5) is 4.33. The van der Waals surface area contributed by atoms with Crippen LogP contribution in [0.15, 0.2) is 39.4 Å². The first kappa shape index (κ1) is 22.0. The Labute approximate surface area is 183 Å². The first-order valence-corrected chi connectivity index (χ1v) is 11.4. The van der Waals surface area contributed by atoms with Gasteiger partial charge in [-0.15, -0.1) is 0 Å². The largest absolute Gasteiger partial charge is 0.393 e. The summed E-state index contributed by atoms with van der Waals surface area (Å²) >= 11 is 4.83. The van der Waals surface area contributed by atoms with Crippen LogP contribution in [0.3, 0.4) is 0 Å². The van der Waals surface area contributed by atoms with Crippen LogP contribution in [0.4, 0.5) is 0 Å². The zero-order valence-corrected chi connectivity index (χ0v) is 18.1. The Hall–Kier alpha value is -1.18. The van der Waals surface area contributed by atoms with Crippen molar-refractivity contribution in [3.8, 4) is 0 Å². The van der Waals surface area contributed by atoms with Crippen LogP contribution in [-0.4, -0.2) is 66.3 Å². The van der Waals surface area contributed by atoms with Gasteiger partial charge in [-0.05, 0) is 66.6 Å². The maximum atomic E-state index is 10.3. The highest BCUT2D eigenvalue weighted by molar-refractivity contribution is 7.78. The minimum Gasteiger partial charge on any atom is -0.393 e. The van der Waals surface area contributed by atoms with Crippen LogP contribution in [0, 0.1) is 5.92 Å². The maximum Gasteiger partial charge on any atom is 0.143 e. The van der Waals surface area contributed by atoms with E-state index in [0.717, 1.165) is 38.5 Å². The first-order valence-electron chi connectivity index (χ1n) is 11.0. The molecule has 1 fully saturated rings. The van der Waals surface area contributed by atoms with Gasteiger partial charge in [-0.1, -0.05) is 12.2 Å². The van der Waals surface area contributed by atoms with E-state index < -0.39 is 0 Å². The van der Waals surface area contributed by atoms with E-state index in [-0.39, 0.29) is 37.1 Å². The average molecular weight is 434 g/mol. The third kappa shape index (κ3) is 4.83. The van der Waals surface area contributed by atoms with Crippen molar-refractivity contribution in [1.29, 1.82) is 0 Å². The number of aliphatic hydroxyl groups is 2. The fraction of sp³-hybridized carbons (Fsp3) is 0.696. The SMILES string of the molecule is OCOCC1=C(C2=C3/C=C\COCCC3OC3CC(O)CCC23)CCC(N=C=S)C1. The van der Waals surface area contributed by atoms with Crippen molar-refractivity contribution in [2.24, 2.45) is 10.9 Å². The number of rotatable bonds is 5. The van der Waals surface area contributed by atoms with Crippen molar-refractivity contribution in [3.05, 3.63) is 34.4 Å². The smallest absolute Gasteiger partial charge is 0.143 e. The van der Waals surface area contributed by atoms with Crippen LogP contribution in [0.2, 0.25) is 0 Å². The minimum absolute atomic E-state index is 0.0210. The summed E-state index contributed by atoms with van der Waals surface area (Å²) in [6, 6.07) is 0.120. The summed E-state index contributed by atoms with van der Waals surface area (Å²) in [5, 5.41) is 22.1. The standard InChI is InChI=1S/C23H31NO5S/c25-14-28-12-15-10-16(24-13-30)3-5-18(15)23-19-2-1-8-27-9-7-21(19)29-22-11-17(26)4-6-20(22)23/h1-2,16-17,20-22,25-26H,3-12,14H2/b2-1-. The molecule has 2 heterocycles. The molecule has 0 aromatic rings. The van der Waals surface area contributed by atoms with Gasteiger partial charge in [-0.25, -0.2) is 4.99 Å². The average Bonchev–Trinajstić information content (AvgIpc) is 2.72. The molecule has 2 N–H and O–H groups in total. The molecule has 0 amide bonds. The van der Waals surface area contributed by atoms with Gasteiger partial charge in [0.1, 0.15) is 6.79 Å². The van der Waals surface area contributed by atoms with Gasteiger partial charge in [0.15, 0.2) is 0 Å². The number of thiocarbonyl (C=S) groups is 1. The Morgan fingerprint density at radius 1 is 1.27 bits per heavy atom. The van der Waals surface area contributed by atoms with Gasteiger partial charge in [0, 0.05) is 25.4 Å². The van der Waals surface area contributed by atoms with Crippen molar-refractivity contribution in [1.82, 2.24) is 0 Å². The van der Waals surface area contributed by atoms with Crippen LogP contribution in [0.25, 0.3) is 0 Å². The van der Waals surface area contributed by atoms with E-state index in [4.69, 9.17) is 26.4 Å². The summed E-state index contributed by atoms with van der Waals surface area (Å²) in [6.45, 7) is 1.37. The number of allylic oxidation sites excluding steroid dienone is 1. The van der Waals surface area contributed by atoms with Gasteiger partial charge in [-0.2, -0.15) is 0 Å². The van der Waals surface area contributed by atoms with E-state index >= 15 is 0 Å². The van der Waals surface area contributed by atoms with E-state index in [1.54, 1.807) is 0 Å². The molecule has 164 valence electrons. The molecule has 4 rings (SSSR count). The predicted molar refractivity (Wildman–Crippen MR) is 116 cm³/mol. The second-order valence-electron chi connectivity index (χ2n) is 8.55. The lowest BCUT2D eigenvalue weighted by molar-refractivity contribution is -0.0832. The predicted octanol–water partition coefficient (Wildman–Crippen LogP) is 3.11. The fourth-order valence-corrected chi connectivity index (χ4v) is 5.57. The topological polar surface area (TPSA) is 80.5 Å². The Bertz CT molecular complexity index is 770. The molecule has 0 aromatic heterocycles. The van der Waals surface area contributed by atoms with E-state index in [9.17, 15) is 10.2 Å². The van der Waals surface area contributed by atoms with Gasteiger partial charge in [-0.3, -0.25) is 0 Å². The Kier molecular flexibility index (Phi) is 7.65. The number of fused-ring (bicyclic) bond motifs is 2. The molecule has 4 aliphatic rings. The second-order valence-corrected chi connectivity index (χ2v) is 8.73. The number of ether oxygens (including phenoxy) is 3. The highest BCUT2D eigenvalue weighted by atomic mass is 32.1. The molecule has 30 heavy (non-hydrogen) atoms. The number of hydrogen-bond acceptors (Lipinski definition) is 7. The van der Waals surface area contributed by atoms with Gasteiger partial charge in [0.05, 0.1) is 42.7 Å². The quantitative estimate of drug-likeness (QED) is 0.394. The zero-order chi connectivity index (χ0) is 20.9. The van der Waals surface area contributed by atoms with Gasteiger partial charge < -0.3 is 24.4 Å². The molecule has 7 heteroatoms. The van der Waals surface area contributed by atoms with Gasteiger partial charge in [0.25, 0.3) is 0 Å². The lowest BCUT2D eigenvalue weighted by Crippen LogP contribution is -2.44. The van der Waals surface area contributed by atoms with Crippen LogP contribution in [0.5, 0.6) is 0 Å².